The summed E-state index contributed by atoms with van der Waals surface area (Å²) < 4.78 is 60.4. The number of hydrogen-bond donors (Lipinski definition) is 1. The number of carbonyl (C=O) groups is 1. The fourth-order valence-electron chi connectivity index (χ4n) is 4.96. The number of nitrogens with one attached hydrogen (secondary N) is 1. The molecule has 0 bridgehead atoms. The normalized spacial score (nSPS) is 24.7. The van der Waals surface area contributed by atoms with Crippen LogP contribution in [-0.4, -0.2) is 33.2 Å². The van der Waals surface area contributed by atoms with Gasteiger partial charge in [-0.05, 0) is 36.8 Å². The van der Waals surface area contributed by atoms with Crippen LogP contribution in [0.1, 0.15) is 31.4 Å². The average Bonchev–Trinajstić information content (AvgIpc) is 3.28. The summed E-state index contributed by atoms with van der Waals surface area (Å²) in [5.41, 5.74) is -0.258. The number of carbonyl (C=O) groups excluding carboxylic acids is 1. The molecule has 182 valence electrons. The van der Waals surface area contributed by atoms with Crippen molar-refractivity contribution >= 4 is 26.0 Å². The number of benzene rings is 3. The zero-order valence-electron chi connectivity index (χ0n) is 18.9. The van der Waals surface area contributed by atoms with E-state index in [1.54, 1.807) is 54.6 Å². The molecule has 0 unspecified atom stereocenters. The highest BCUT2D eigenvalue weighted by Gasteiger charge is 2.59. The Kier molecular flexibility index (Phi) is 5.70. The highest BCUT2D eigenvalue weighted by atomic mass is 32.2. The van der Waals surface area contributed by atoms with Crippen molar-refractivity contribution < 1.29 is 25.8 Å². The number of fused-ring (bicyclic) bond motifs is 1. The largest absolute Gasteiger partial charge is 0.379 e. The van der Waals surface area contributed by atoms with Crippen molar-refractivity contribution in [3.8, 4) is 5.75 Å². The third-order valence-electron chi connectivity index (χ3n) is 6.57. The van der Waals surface area contributed by atoms with Crippen LogP contribution in [0.5, 0.6) is 5.75 Å². The molecule has 0 aromatic heterocycles. The van der Waals surface area contributed by atoms with E-state index in [4.69, 9.17) is 4.18 Å². The summed E-state index contributed by atoms with van der Waals surface area (Å²) in [6.07, 6.45) is -0.293. The van der Waals surface area contributed by atoms with Gasteiger partial charge in [-0.3, -0.25) is 4.79 Å². The topological polar surface area (TPSA) is 110 Å². The molecular weight excluding hydrogens is 488 g/mol. The SMILES string of the molecule is C[C@@]12CC(=O)N[C@@H]1N(S(=O)(=O)c1ccccc1)[C@@H](c1ccccc1OS(=O)(=O)c1ccccc1)C2. The fourth-order valence-corrected chi connectivity index (χ4v) is 7.79. The van der Waals surface area contributed by atoms with E-state index in [0.717, 1.165) is 0 Å². The lowest BCUT2D eigenvalue weighted by Crippen LogP contribution is -2.47. The van der Waals surface area contributed by atoms with Crippen molar-refractivity contribution in [3.05, 3.63) is 90.5 Å². The van der Waals surface area contributed by atoms with E-state index < -0.39 is 37.8 Å². The van der Waals surface area contributed by atoms with Crippen LogP contribution in [-0.2, 0) is 24.9 Å². The minimum absolute atomic E-state index is 0.00826. The molecule has 0 spiro atoms. The first-order chi connectivity index (χ1) is 16.6. The predicted octanol–water partition coefficient (Wildman–Crippen LogP) is 3.44. The molecule has 2 saturated heterocycles. The zero-order chi connectivity index (χ0) is 24.8. The minimum atomic E-state index is -4.15. The lowest BCUT2D eigenvalue weighted by molar-refractivity contribution is -0.120. The van der Waals surface area contributed by atoms with Crippen LogP contribution in [0.4, 0.5) is 0 Å². The number of sulfonamides is 1. The quantitative estimate of drug-likeness (QED) is 0.507. The predicted molar refractivity (Wildman–Crippen MR) is 128 cm³/mol. The summed E-state index contributed by atoms with van der Waals surface area (Å²) in [6.45, 7) is 1.87. The van der Waals surface area contributed by atoms with Crippen LogP contribution < -0.4 is 9.50 Å². The van der Waals surface area contributed by atoms with Gasteiger partial charge in [0.2, 0.25) is 15.9 Å². The Morgan fingerprint density at radius 3 is 2.09 bits per heavy atom. The molecule has 1 N–H and O–H groups in total. The number of para-hydroxylation sites is 1. The molecule has 2 aliphatic heterocycles. The maximum atomic E-state index is 13.8. The van der Waals surface area contributed by atoms with Gasteiger partial charge in [-0.15, -0.1) is 0 Å². The van der Waals surface area contributed by atoms with Crippen LogP contribution in [0.2, 0.25) is 0 Å². The standard InChI is InChI=1S/C25H24N2O6S2/c1-25-16-21(20-14-8-9-15-22(20)33-35(31,32)19-12-6-3-7-13-19)27(24(25)26-23(28)17-25)34(29,30)18-10-4-2-5-11-18/h2-15,21,24H,16-17H2,1H3,(H,26,28)/t21-,24-,25-/m1/s1. The lowest BCUT2D eigenvalue weighted by atomic mass is 9.83. The van der Waals surface area contributed by atoms with E-state index >= 15 is 0 Å². The molecule has 0 aliphatic carbocycles. The Morgan fingerprint density at radius 1 is 0.857 bits per heavy atom. The van der Waals surface area contributed by atoms with E-state index in [0.29, 0.717) is 12.0 Å². The maximum absolute atomic E-state index is 13.8. The molecule has 2 heterocycles. The van der Waals surface area contributed by atoms with E-state index in [-0.39, 0.29) is 27.9 Å². The molecule has 8 nitrogen and oxygen atoms in total. The van der Waals surface area contributed by atoms with Gasteiger partial charge in [0.25, 0.3) is 0 Å². The highest BCUT2D eigenvalue weighted by molar-refractivity contribution is 7.89. The number of nitrogens with zero attached hydrogens (tertiary/aromatic N) is 1. The van der Waals surface area contributed by atoms with Crippen molar-refractivity contribution in [2.24, 2.45) is 5.41 Å². The third-order valence-corrected chi connectivity index (χ3v) is 9.71. The van der Waals surface area contributed by atoms with Gasteiger partial charge < -0.3 is 9.50 Å². The van der Waals surface area contributed by atoms with Crippen LogP contribution in [0.15, 0.2) is 94.7 Å². The average molecular weight is 513 g/mol. The van der Waals surface area contributed by atoms with Crippen LogP contribution in [0.25, 0.3) is 0 Å². The maximum Gasteiger partial charge on any atom is 0.339 e. The Bertz CT molecular complexity index is 1480. The highest BCUT2D eigenvalue weighted by Crippen LogP contribution is 2.54. The van der Waals surface area contributed by atoms with Gasteiger partial charge in [0, 0.05) is 17.4 Å². The Morgan fingerprint density at radius 2 is 1.43 bits per heavy atom. The molecule has 3 atom stereocenters. The molecule has 0 saturated carbocycles. The Balaban J connectivity index is 1.61. The summed E-state index contributed by atoms with van der Waals surface area (Å²) in [5.74, 6) is -0.176. The molecule has 5 rings (SSSR count). The zero-order valence-corrected chi connectivity index (χ0v) is 20.5. The van der Waals surface area contributed by atoms with Gasteiger partial charge in [-0.1, -0.05) is 61.5 Å². The number of rotatable bonds is 6. The van der Waals surface area contributed by atoms with E-state index in [1.165, 1.54) is 34.6 Å². The molecule has 35 heavy (non-hydrogen) atoms. The Labute approximate surface area is 204 Å². The summed E-state index contributed by atoms with van der Waals surface area (Å²) in [6, 6.07) is 21.5. The van der Waals surface area contributed by atoms with Crippen molar-refractivity contribution in [2.45, 2.75) is 41.8 Å². The van der Waals surface area contributed by atoms with Gasteiger partial charge in [-0.2, -0.15) is 12.7 Å². The second-order valence-electron chi connectivity index (χ2n) is 9.06. The summed E-state index contributed by atoms with van der Waals surface area (Å²) in [4.78, 5) is 12.4. The molecule has 10 heteroatoms. The van der Waals surface area contributed by atoms with Crippen molar-refractivity contribution in [3.63, 3.8) is 0 Å². The van der Waals surface area contributed by atoms with Gasteiger partial charge in [-0.25, -0.2) is 8.42 Å². The van der Waals surface area contributed by atoms with Gasteiger partial charge in [0.15, 0.2) is 0 Å². The molecular formula is C25H24N2O6S2. The second kappa shape index (κ2) is 8.47. The fraction of sp³-hybridized carbons (Fsp3) is 0.240. The summed E-state index contributed by atoms with van der Waals surface area (Å²) in [7, 11) is -8.20. The first-order valence-electron chi connectivity index (χ1n) is 11.1. The third kappa shape index (κ3) is 4.11. The minimum Gasteiger partial charge on any atom is -0.379 e. The summed E-state index contributed by atoms with van der Waals surface area (Å²) >= 11 is 0. The number of hydrogen-bond acceptors (Lipinski definition) is 6. The van der Waals surface area contributed by atoms with Crippen LogP contribution in [0, 0.1) is 5.41 Å². The molecule has 1 amide bonds. The van der Waals surface area contributed by atoms with E-state index in [1.807, 2.05) is 6.92 Å². The van der Waals surface area contributed by atoms with Gasteiger partial charge in [0.05, 0.1) is 10.9 Å². The second-order valence-corrected chi connectivity index (χ2v) is 12.4. The smallest absolute Gasteiger partial charge is 0.339 e. The van der Waals surface area contributed by atoms with Crippen molar-refractivity contribution in [1.82, 2.24) is 9.62 Å². The first-order valence-corrected chi connectivity index (χ1v) is 13.9. The lowest BCUT2D eigenvalue weighted by Gasteiger charge is -2.30. The molecule has 2 fully saturated rings. The molecule has 2 aliphatic rings. The van der Waals surface area contributed by atoms with E-state index in [2.05, 4.69) is 5.32 Å². The first kappa shape index (κ1) is 23.5. The molecule has 3 aromatic rings. The number of amides is 1. The van der Waals surface area contributed by atoms with Crippen LogP contribution in [0.3, 0.4) is 0 Å². The Hall–Kier alpha value is -3.21. The van der Waals surface area contributed by atoms with Crippen molar-refractivity contribution in [1.29, 1.82) is 0 Å². The van der Waals surface area contributed by atoms with Crippen LogP contribution >= 0.6 is 0 Å². The van der Waals surface area contributed by atoms with Crippen molar-refractivity contribution in [2.75, 3.05) is 0 Å². The molecule has 3 aromatic carbocycles. The van der Waals surface area contributed by atoms with Gasteiger partial charge in [0.1, 0.15) is 16.8 Å². The van der Waals surface area contributed by atoms with Gasteiger partial charge >= 0.3 is 10.1 Å². The molecule has 0 radical (unpaired) electrons. The summed E-state index contributed by atoms with van der Waals surface area (Å²) in [5, 5.41) is 2.82. The monoisotopic (exact) mass is 512 g/mol. The van der Waals surface area contributed by atoms with E-state index in [9.17, 15) is 21.6 Å².